The summed E-state index contributed by atoms with van der Waals surface area (Å²) in [6.45, 7) is 0. The molecule has 0 fully saturated rings. The van der Waals surface area contributed by atoms with Crippen LogP contribution in [0.4, 0.5) is 0 Å². The summed E-state index contributed by atoms with van der Waals surface area (Å²) in [5.41, 5.74) is 2.95. The quantitative estimate of drug-likeness (QED) is 0.655. The Morgan fingerprint density at radius 2 is 2.50 bits per heavy atom. The van der Waals surface area contributed by atoms with Gasteiger partial charge in [-0.2, -0.15) is 0 Å². The lowest BCUT2D eigenvalue weighted by molar-refractivity contribution is 1.25. The zero-order valence-corrected chi connectivity index (χ0v) is 7.22. The Hall–Kier alpha value is 0.400. The molecule has 0 aliphatic heterocycles. The molecule has 0 aromatic carbocycles. The van der Waals surface area contributed by atoms with Gasteiger partial charge in [-0.05, 0) is 0 Å². The van der Waals surface area contributed by atoms with E-state index in [1.807, 2.05) is 10.9 Å². The summed E-state index contributed by atoms with van der Waals surface area (Å²) in [5, 5.41) is 2.89. The summed E-state index contributed by atoms with van der Waals surface area (Å²) < 4.78 is 0. The van der Waals surface area contributed by atoms with E-state index in [1.165, 1.54) is 0 Å². The number of hydrogen-bond acceptors (Lipinski definition) is 2. The van der Waals surface area contributed by atoms with Gasteiger partial charge in [-0.1, -0.05) is 15.9 Å². The number of aromatic nitrogens is 1. The van der Waals surface area contributed by atoms with Crippen LogP contribution in [0.25, 0.3) is 0 Å². The van der Waals surface area contributed by atoms with Crippen LogP contribution in [0.1, 0.15) is 5.69 Å². The van der Waals surface area contributed by atoms with Crippen molar-refractivity contribution in [1.29, 1.82) is 0 Å². The molecule has 0 atom stereocenters. The maximum absolute atomic E-state index is 4.01. The molecule has 0 aliphatic rings. The van der Waals surface area contributed by atoms with Crippen LogP contribution in [0.3, 0.4) is 0 Å². The normalized spacial score (nSPS) is 8.12. The first kappa shape index (κ1) is 8.40. The van der Waals surface area contributed by atoms with E-state index in [9.17, 15) is 0 Å². The topological polar surface area (TPSA) is 12.9 Å². The predicted octanol–water partition coefficient (Wildman–Crippen LogP) is 2.46. The van der Waals surface area contributed by atoms with E-state index in [2.05, 4.69) is 20.9 Å². The van der Waals surface area contributed by atoms with Gasteiger partial charge in [0, 0.05) is 10.7 Å². The van der Waals surface area contributed by atoms with Crippen molar-refractivity contribution in [2.75, 3.05) is 0 Å². The number of hydrogen-bond donors (Lipinski definition) is 0. The number of alkyl halides is 1. The van der Waals surface area contributed by atoms with Gasteiger partial charge < -0.3 is 0 Å². The van der Waals surface area contributed by atoms with Crippen LogP contribution in [0.5, 0.6) is 0 Å². The SMILES string of the molecule is BrCc1cscn1.Cl. The van der Waals surface area contributed by atoms with Gasteiger partial charge in [-0.3, -0.25) is 0 Å². The Morgan fingerprint density at radius 1 is 1.75 bits per heavy atom. The Kier molecular flexibility index (Phi) is 4.51. The minimum absolute atomic E-state index is 0. The highest BCUT2D eigenvalue weighted by Crippen LogP contribution is 2.03. The van der Waals surface area contributed by atoms with Crippen LogP contribution < -0.4 is 0 Å². The van der Waals surface area contributed by atoms with E-state index in [0.717, 1.165) is 11.0 Å². The molecule has 0 unspecified atom stereocenters. The third-order valence-corrected chi connectivity index (χ3v) is 1.83. The van der Waals surface area contributed by atoms with Crippen molar-refractivity contribution in [1.82, 2.24) is 4.98 Å². The lowest BCUT2D eigenvalue weighted by atomic mass is 10.6. The second-order valence-corrected chi connectivity index (χ2v) is 2.39. The zero-order valence-electron chi connectivity index (χ0n) is 4.00. The fourth-order valence-corrected chi connectivity index (χ4v) is 1.38. The maximum Gasteiger partial charge on any atom is 0.0795 e. The lowest BCUT2D eigenvalue weighted by Gasteiger charge is -1.75. The Morgan fingerprint density at radius 3 is 2.75 bits per heavy atom. The highest BCUT2D eigenvalue weighted by atomic mass is 79.9. The second kappa shape index (κ2) is 4.30. The summed E-state index contributed by atoms with van der Waals surface area (Å²) in [6.07, 6.45) is 0. The van der Waals surface area contributed by atoms with Crippen molar-refractivity contribution in [2.24, 2.45) is 0 Å². The van der Waals surface area contributed by atoms with Crippen LogP contribution >= 0.6 is 39.7 Å². The van der Waals surface area contributed by atoms with Crippen LogP contribution in [-0.2, 0) is 5.33 Å². The number of rotatable bonds is 1. The number of halogens is 2. The van der Waals surface area contributed by atoms with Gasteiger partial charge in [0.05, 0.1) is 11.2 Å². The second-order valence-electron chi connectivity index (χ2n) is 1.11. The third kappa shape index (κ3) is 2.11. The molecule has 0 aliphatic carbocycles. The van der Waals surface area contributed by atoms with Crippen LogP contribution in [0, 0.1) is 0 Å². The van der Waals surface area contributed by atoms with Gasteiger partial charge in [-0.25, -0.2) is 4.98 Å². The van der Waals surface area contributed by atoms with Crippen LogP contribution in [-0.4, -0.2) is 4.98 Å². The maximum atomic E-state index is 4.01. The minimum atomic E-state index is 0. The fraction of sp³-hybridized carbons (Fsp3) is 0.250. The summed E-state index contributed by atoms with van der Waals surface area (Å²) in [4.78, 5) is 4.01. The van der Waals surface area contributed by atoms with Crippen molar-refractivity contribution >= 4 is 39.7 Å². The minimum Gasteiger partial charge on any atom is -0.249 e. The van der Waals surface area contributed by atoms with Crippen molar-refractivity contribution in [3.05, 3.63) is 16.6 Å². The first-order chi connectivity index (χ1) is 3.43. The lowest BCUT2D eigenvalue weighted by Crippen LogP contribution is -1.69. The molecule has 0 spiro atoms. The molecular formula is C4H5BrClNS. The van der Waals surface area contributed by atoms with E-state index in [1.54, 1.807) is 11.3 Å². The first-order valence-corrected chi connectivity index (χ1v) is 3.93. The molecule has 0 bridgehead atoms. The van der Waals surface area contributed by atoms with E-state index < -0.39 is 0 Å². The standard InChI is InChI=1S/C4H4BrNS.ClH/c5-1-4-2-7-3-6-4;/h2-3H,1H2;1H. The van der Waals surface area contributed by atoms with Crippen molar-refractivity contribution in [3.8, 4) is 0 Å². The van der Waals surface area contributed by atoms with E-state index in [-0.39, 0.29) is 12.4 Å². The molecule has 8 heavy (non-hydrogen) atoms. The zero-order chi connectivity index (χ0) is 5.11. The molecule has 1 nitrogen and oxygen atoms in total. The van der Waals surface area contributed by atoms with E-state index >= 15 is 0 Å². The molecule has 0 radical (unpaired) electrons. The summed E-state index contributed by atoms with van der Waals surface area (Å²) in [5.74, 6) is 0. The molecule has 0 saturated heterocycles. The molecule has 0 N–H and O–H groups in total. The Labute approximate surface area is 66.7 Å². The third-order valence-electron chi connectivity index (χ3n) is 0.620. The molecule has 1 aromatic heterocycles. The van der Waals surface area contributed by atoms with Crippen molar-refractivity contribution < 1.29 is 0 Å². The molecule has 0 amide bonds. The monoisotopic (exact) mass is 213 g/mol. The van der Waals surface area contributed by atoms with Gasteiger partial charge >= 0.3 is 0 Å². The molecule has 1 rings (SSSR count). The van der Waals surface area contributed by atoms with Gasteiger partial charge in [0.1, 0.15) is 0 Å². The summed E-state index contributed by atoms with van der Waals surface area (Å²) in [6, 6.07) is 0. The molecule has 1 aromatic rings. The summed E-state index contributed by atoms with van der Waals surface area (Å²) >= 11 is 4.90. The van der Waals surface area contributed by atoms with Crippen molar-refractivity contribution in [2.45, 2.75) is 5.33 Å². The van der Waals surface area contributed by atoms with Gasteiger partial charge in [-0.15, -0.1) is 23.7 Å². The highest BCUT2D eigenvalue weighted by molar-refractivity contribution is 9.08. The van der Waals surface area contributed by atoms with Gasteiger partial charge in [0.2, 0.25) is 0 Å². The molecule has 1 heterocycles. The van der Waals surface area contributed by atoms with Gasteiger partial charge in [0.25, 0.3) is 0 Å². The largest absolute Gasteiger partial charge is 0.249 e. The number of thiazole rings is 1. The van der Waals surface area contributed by atoms with Crippen LogP contribution in [0.15, 0.2) is 10.9 Å². The Bertz CT molecular complexity index is 131. The van der Waals surface area contributed by atoms with E-state index in [4.69, 9.17) is 0 Å². The fourth-order valence-electron chi connectivity index (χ4n) is 0.304. The van der Waals surface area contributed by atoms with E-state index in [0.29, 0.717) is 0 Å². The van der Waals surface area contributed by atoms with Gasteiger partial charge in [0.15, 0.2) is 0 Å². The summed E-state index contributed by atoms with van der Waals surface area (Å²) in [7, 11) is 0. The first-order valence-electron chi connectivity index (χ1n) is 1.86. The van der Waals surface area contributed by atoms with Crippen molar-refractivity contribution in [3.63, 3.8) is 0 Å². The average molecular weight is 215 g/mol. The molecule has 0 saturated carbocycles. The Balaban J connectivity index is 0.000000490. The molecule has 4 heteroatoms. The number of nitrogens with zero attached hydrogens (tertiary/aromatic N) is 1. The average Bonchev–Trinajstić information content (AvgIpc) is 2.14. The van der Waals surface area contributed by atoms with Crippen LogP contribution in [0.2, 0.25) is 0 Å². The highest BCUT2D eigenvalue weighted by Gasteiger charge is 1.85. The molecular weight excluding hydrogens is 209 g/mol. The smallest absolute Gasteiger partial charge is 0.0795 e. The molecule has 46 valence electrons. The predicted molar refractivity (Wildman–Crippen MR) is 42.0 cm³/mol.